The zero-order chi connectivity index (χ0) is 16.7. The van der Waals surface area contributed by atoms with Crippen molar-refractivity contribution in [1.82, 2.24) is 0 Å². The lowest BCUT2D eigenvalue weighted by Gasteiger charge is -2.13. The van der Waals surface area contributed by atoms with E-state index in [4.69, 9.17) is 19.6 Å². The SMILES string of the molecule is CCCCOc1ccc(OC)cc1NC(=O)c1coc(CN)c1. The number of nitrogens with one attached hydrogen (secondary N) is 1. The fraction of sp³-hybridized carbons (Fsp3) is 0.353. The Morgan fingerprint density at radius 1 is 1.35 bits per heavy atom. The predicted molar refractivity (Wildman–Crippen MR) is 87.9 cm³/mol. The van der Waals surface area contributed by atoms with E-state index >= 15 is 0 Å². The lowest BCUT2D eigenvalue weighted by atomic mass is 10.2. The molecule has 1 heterocycles. The van der Waals surface area contributed by atoms with Crippen molar-refractivity contribution in [2.45, 2.75) is 26.3 Å². The molecule has 1 amide bonds. The van der Waals surface area contributed by atoms with E-state index in [-0.39, 0.29) is 12.5 Å². The number of furan rings is 1. The number of nitrogens with two attached hydrogens (primary N) is 1. The normalized spacial score (nSPS) is 10.4. The Labute approximate surface area is 135 Å². The second-order valence-electron chi connectivity index (χ2n) is 5.02. The van der Waals surface area contributed by atoms with Crippen molar-refractivity contribution < 1.29 is 18.7 Å². The molecule has 3 N–H and O–H groups in total. The topological polar surface area (TPSA) is 86.7 Å². The van der Waals surface area contributed by atoms with Gasteiger partial charge in [0.05, 0.1) is 31.5 Å². The first-order valence-electron chi connectivity index (χ1n) is 7.57. The van der Waals surface area contributed by atoms with Crippen LogP contribution in [0.3, 0.4) is 0 Å². The van der Waals surface area contributed by atoms with Crippen molar-refractivity contribution in [3.8, 4) is 11.5 Å². The second kappa shape index (κ2) is 8.24. The van der Waals surface area contributed by atoms with Gasteiger partial charge in [-0.15, -0.1) is 0 Å². The fourth-order valence-electron chi connectivity index (χ4n) is 1.99. The minimum Gasteiger partial charge on any atom is -0.497 e. The number of hydrogen-bond donors (Lipinski definition) is 2. The van der Waals surface area contributed by atoms with Crippen LogP contribution in [0.4, 0.5) is 5.69 Å². The molecule has 0 aliphatic rings. The van der Waals surface area contributed by atoms with Crippen LogP contribution < -0.4 is 20.5 Å². The predicted octanol–water partition coefficient (Wildman–Crippen LogP) is 3.18. The molecule has 1 aromatic carbocycles. The third-order valence-corrected chi connectivity index (χ3v) is 3.31. The molecule has 0 fully saturated rings. The molecule has 0 aliphatic heterocycles. The molecule has 124 valence electrons. The van der Waals surface area contributed by atoms with Gasteiger partial charge in [0.25, 0.3) is 5.91 Å². The van der Waals surface area contributed by atoms with E-state index < -0.39 is 0 Å². The number of amides is 1. The number of anilines is 1. The summed E-state index contributed by atoms with van der Waals surface area (Å²) in [5.74, 6) is 1.51. The van der Waals surface area contributed by atoms with Gasteiger partial charge in [0.1, 0.15) is 23.5 Å². The monoisotopic (exact) mass is 318 g/mol. The lowest BCUT2D eigenvalue weighted by Crippen LogP contribution is -2.12. The van der Waals surface area contributed by atoms with Crippen LogP contribution in [-0.4, -0.2) is 19.6 Å². The molecule has 0 spiro atoms. The molecule has 0 saturated heterocycles. The van der Waals surface area contributed by atoms with Gasteiger partial charge in [-0.3, -0.25) is 4.79 Å². The molecule has 23 heavy (non-hydrogen) atoms. The van der Waals surface area contributed by atoms with Gasteiger partial charge >= 0.3 is 0 Å². The van der Waals surface area contributed by atoms with Crippen molar-refractivity contribution in [2.24, 2.45) is 5.73 Å². The summed E-state index contributed by atoms with van der Waals surface area (Å²) in [7, 11) is 1.57. The van der Waals surface area contributed by atoms with E-state index in [2.05, 4.69) is 12.2 Å². The highest BCUT2D eigenvalue weighted by molar-refractivity contribution is 6.05. The summed E-state index contributed by atoms with van der Waals surface area (Å²) < 4.78 is 16.1. The third-order valence-electron chi connectivity index (χ3n) is 3.31. The van der Waals surface area contributed by atoms with E-state index in [1.54, 1.807) is 31.4 Å². The van der Waals surface area contributed by atoms with Crippen LogP contribution in [0.15, 0.2) is 34.9 Å². The van der Waals surface area contributed by atoms with E-state index in [0.717, 1.165) is 12.8 Å². The summed E-state index contributed by atoms with van der Waals surface area (Å²) in [5, 5.41) is 2.82. The fourth-order valence-corrected chi connectivity index (χ4v) is 1.99. The number of benzene rings is 1. The first-order chi connectivity index (χ1) is 11.2. The van der Waals surface area contributed by atoms with Crippen molar-refractivity contribution in [3.63, 3.8) is 0 Å². The van der Waals surface area contributed by atoms with Gasteiger partial charge in [-0.25, -0.2) is 0 Å². The Bertz CT molecular complexity index is 652. The van der Waals surface area contributed by atoms with Crippen LogP contribution >= 0.6 is 0 Å². The maximum atomic E-state index is 12.3. The summed E-state index contributed by atoms with van der Waals surface area (Å²) in [5.41, 5.74) is 6.45. The molecule has 0 radical (unpaired) electrons. The smallest absolute Gasteiger partial charge is 0.259 e. The highest BCUT2D eigenvalue weighted by Gasteiger charge is 2.13. The molecule has 0 aliphatic carbocycles. The summed E-state index contributed by atoms with van der Waals surface area (Å²) >= 11 is 0. The summed E-state index contributed by atoms with van der Waals surface area (Å²) in [4.78, 5) is 12.3. The number of carbonyl (C=O) groups is 1. The standard InChI is InChI=1S/C17H22N2O4/c1-3-4-7-22-16-6-5-13(21-2)9-15(16)19-17(20)12-8-14(10-18)23-11-12/h5-6,8-9,11H,3-4,7,10,18H2,1-2H3,(H,19,20). The average molecular weight is 318 g/mol. The molecule has 0 saturated carbocycles. The van der Waals surface area contributed by atoms with Gasteiger partial charge in [-0.2, -0.15) is 0 Å². The Morgan fingerprint density at radius 2 is 2.17 bits per heavy atom. The minimum atomic E-state index is -0.290. The van der Waals surface area contributed by atoms with Gasteiger partial charge in [0, 0.05) is 6.07 Å². The lowest BCUT2D eigenvalue weighted by molar-refractivity contribution is 0.102. The van der Waals surface area contributed by atoms with Crippen LogP contribution in [0.5, 0.6) is 11.5 Å². The minimum absolute atomic E-state index is 0.248. The van der Waals surface area contributed by atoms with Gasteiger partial charge in [-0.05, 0) is 24.6 Å². The first kappa shape index (κ1) is 16.9. The quantitative estimate of drug-likeness (QED) is 0.730. The second-order valence-corrected chi connectivity index (χ2v) is 5.02. The molecule has 6 nitrogen and oxygen atoms in total. The van der Waals surface area contributed by atoms with Crippen LogP contribution in [0.25, 0.3) is 0 Å². The van der Waals surface area contributed by atoms with E-state index in [1.165, 1.54) is 6.26 Å². The Hall–Kier alpha value is -2.47. The molecular formula is C17H22N2O4. The number of rotatable bonds is 8. The average Bonchev–Trinajstić information content (AvgIpc) is 3.05. The van der Waals surface area contributed by atoms with Crippen LogP contribution in [0.2, 0.25) is 0 Å². The molecule has 0 unspecified atom stereocenters. The summed E-state index contributed by atoms with van der Waals surface area (Å²) in [6.45, 7) is 2.93. The van der Waals surface area contributed by atoms with Crippen LogP contribution in [0.1, 0.15) is 35.9 Å². The van der Waals surface area contributed by atoms with Gasteiger partial charge in [0.2, 0.25) is 0 Å². The molecule has 2 aromatic rings. The van der Waals surface area contributed by atoms with Crippen molar-refractivity contribution in [1.29, 1.82) is 0 Å². The third kappa shape index (κ3) is 4.50. The van der Waals surface area contributed by atoms with Crippen molar-refractivity contribution in [3.05, 3.63) is 41.9 Å². The first-order valence-corrected chi connectivity index (χ1v) is 7.57. The molecule has 0 bridgehead atoms. The number of methoxy groups -OCH3 is 1. The van der Waals surface area contributed by atoms with Gasteiger partial charge in [0.15, 0.2) is 0 Å². The molecule has 0 atom stereocenters. The van der Waals surface area contributed by atoms with Gasteiger partial charge < -0.3 is 24.9 Å². The number of ether oxygens (including phenoxy) is 2. The number of unbranched alkanes of at least 4 members (excludes halogenated alkanes) is 1. The molecule has 6 heteroatoms. The molecule has 2 rings (SSSR count). The van der Waals surface area contributed by atoms with Gasteiger partial charge in [-0.1, -0.05) is 13.3 Å². The summed E-state index contributed by atoms with van der Waals surface area (Å²) in [6.07, 6.45) is 3.37. The van der Waals surface area contributed by atoms with Crippen LogP contribution in [-0.2, 0) is 6.54 Å². The largest absolute Gasteiger partial charge is 0.497 e. The Morgan fingerprint density at radius 3 is 2.83 bits per heavy atom. The highest BCUT2D eigenvalue weighted by Crippen LogP contribution is 2.30. The van der Waals surface area contributed by atoms with E-state index in [9.17, 15) is 4.79 Å². The maximum Gasteiger partial charge on any atom is 0.259 e. The molecular weight excluding hydrogens is 296 g/mol. The van der Waals surface area contributed by atoms with Crippen molar-refractivity contribution >= 4 is 11.6 Å². The van der Waals surface area contributed by atoms with Crippen molar-refractivity contribution in [2.75, 3.05) is 19.0 Å². The number of hydrogen-bond acceptors (Lipinski definition) is 5. The molecule has 1 aromatic heterocycles. The zero-order valence-electron chi connectivity index (χ0n) is 13.4. The van der Waals surface area contributed by atoms with E-state index in [0.29, 0.717) is 35.1 Å². The zero-order valence-corrected chi connectivity index (χ0v) is 13.4. The Kier molecular flexibility index (Phi) is 6.05. The highest BCUT2D eigenvalue weighted by atomic mass is 16.5. The van der Waals surface area contributed by atoms with Crippen LogP contribution in [0, 0.1) is 0 Å². The number of carbonyl (C=O) groups excluding carboxylic acids is 1. The summed E-state index contributed by atoms with van der Waals surface area (Å²) in [6, 6.07) is 6.92. The maximum absolute atomic E-state index is 12.3. The Balaban J connectivity index is 2.16. The van der Waals surface area contributed by atoms with E-state index in [1.807, 2.05) is 0 Å².